The van der Waals surface area contributed by atoms with E-state index in [1.807, 2.05) is 30.5 Å². The zero-order valence-corrected chi connectivity index (χ0v) is 23.5. The Morgan fingerprint density at radius 1 is 1.02 bits per heavy atom. The molecule has 5 rings (SSSR count). The number of nitrogens with zero attached hydrogens (tertiary/aromatic N) is 1. The van der Waals surface area contributed by atoms with Gasteiger partial charge in [-0.25, -0.2) is 0 Å². The fourth-order valence-electron chi connectivity index (χ4n) is 5.05. The fraction of sp³-hybridized carbons (Fsp3) is 0.188. The summed E-state index contributed by atoms with van der Waals surface area (Å²) in [6.07, 6.45) is 2.63. The summed E-state index contributed by atoms with van der Waals surface area (Å²) >= 11 is 0. The van der Waals surface area contributed by atoms with Gasteiger partial charge in [0.05, 0.1) is 32.9 Å². The minimum atomic E-state index is -0.819. The van der Waals surface area contributed by atoms with Crippen LogP contribution in [0.4, 0.5) is 0 Å². The molecule has 0 bridgehead atoms. The Morgan fingerprint density at radius 3 is 2.38 bits per heavy atom. The minimum Gasteiger partial charge on any atom is -0.493 e. The van der Waals surface area contributed by atoms with Crippen LogP contribution >= 0.6 is 0 Å². The number of amides is 1. The van der Waals surface area contributed by atoms with Crippen molar-refractivity contribution < 1.29 is 23.7 Å². The van der Waals surface area contributed by atoms with Crippen LogP contribution in [0.5, 0.6) is 17.2 Å². The van der Waals surface area contributed by atoms with Crippen molar-refractivity contribution in [1.82, 2.24) is 15.6 Å². The van der Waals surface area contributed by atoms with E-state index in [1.165, 1.54) is 21.3 Å². The summed E-state index contributed by atoms with van der Waals surface area (Å²) in [6.45, 7) is 0.457. The number of aromatic nitrogens is 1. The Kier molecular flexibility index (Phi) is 8.20. The van der Waals surface area contributed by atoms with Crippen molar-refractivity contribution in [1.29, 1.82) is 5.26 Å². The van der Waals surface area contributed by atoms with Crippen molar-refractivity contribution in [3.8, 4) is 23.3 Å². The summed E-state index contributed by atoms with van der Waals surface area (Å²) in [5, 5.41) is 17.6. The lowest BCUT2D eigenvalue weighted by Gasteiger charge is -2.30. The average molecular weight is 566 g/mol. The second kappa shape index (κ2) is 12.3. The maximum absolute atomic E-state index is 13.4. The number of allylic oxidation sites excluding steroid dienone is 1. The second-order valence-corrected chi connectivity index (χ2v) is 9.48. The molecule has 1 unspecified atom stereocenters. The van der Waals surface area contributed by atoms with Crippen LogP contribution in [0.25, 0.3) is 10.9 Å². The van der Waals surface area contributed by atoms with Crippen LogP contribution in [0.15, 0.2) is 96.0 Å². The van der Waals surface area contributed by atoms with Gasteiger partial charge in [0.2, 0.25) is 17.5 Å². The molecule has 0 aliphatic carbocycles. The lowest BCUT2D eigenvalue weighted by molar-refractivity contribution is 0.0958. The minimum absolute atomic E-state index is 0.0800. The summed E-state index contributed by atoms with van der Waals surface area (Å²) in [4.78, 5) is 16.7. The zero-order valence-electron chi connectivity index (χ0n) is 23.5. The van der Waals surface area contributed by atoms with Gasteiger partial charge in [0.15, 0.2) is 11.5 Å². The number of benzene rings is 3. The van der Waals surface area contributed by atoms with Crippen molar-refractivity contribution >= 4 is 16.8 Å². The Bertz CT molecular complexity index is 1690. The molecule has 214 valence electrons. The van der Waals surface area contributed by atoms with E-state index in [0.717, 1.165) is 16.5 Å². The molecule has 3 aromatic carbocycles. The number of fused-ring (bicyclic) bond motifs is 1. The van der Waals surface area contributed by atoms with Gasteiger partial charge in [0.25, 0.3) is 5.91 Å². The normalized spacial score (nSPS) is 14.7. The van der Waals surface area contributed by atoms with E-state index in [2.05, 4.69) is 27.8 Å². The molecule has 0 spiro atoms. The van der Waals surface area contributed by atoms with Gasteiger partial charge in [-0.1, -0.05) is 36.4 Å². The first-order valence-electron chi connectivity index (χ1n) is 13.3. The highest BCUT2D eigenvalue weighted by Gasteiger charge is 2.36. The number of nitrogens with two attached hydrogens (primary N) is 1. The number of hydrogen-bond donors (Lipinski definition) is 4. The third-order valence-corrected chi connectivity index (χ3v) is 7.08. The van der Waals surface area contributed by atoms with E-state index in [4.69, 9.17) is 24.7 Å². The topological polar surface area (TPSA) is 144 Å². The number of carbonyl (C=O) groups excluding carboxylic acids is 1. The molecule has 10 heteroatoms. The van der Waals surface area contributed by atoms with Gasteiger partial charge in [-0.05, 0) is 47.9 Å². The van der Waals surface area contributed by atoms with E-state index < -0.39 is 5.92 Å². The lowest BCUT2D eigenvalue weighted by atomic mass is 9.86. The Balaban J connectivity index is 1.57. The van der Waals surface area contributed by atoms with Crippen LogP contribution in [-0.2, 0) is 11.2 Å². The summed E-state index contributed by atoms with van der Waals surface area (Å²) in [5.74, 6) is 0.120. The molecule has 4 aromatic rings. The van der Waals surface area contributed by atoms with Gasteiger partial charge in [0.1, 0.15) is 11.6 Å². The summed E-state index contributed by atoms with van der Waals surface area (Å²) in [5.41, 5.74) is 9.92. The Labute approximate surface area is 243 Å². The smallest absolute Gasteiger partial charge is 0.255 e. The van der Waals surface area contributed by atoms with Crippen molar-refractivity contribution in [3.63, 3.8) is 0 Å². The van der Waals surface area contributed by atoms with Crippen LogP contribution in [0.1, 0.15) is 27.4 Å². The molecule has 42 heavy (non-hydrogen) atoms. The summed E-state index contributed by atoms with van der Waals surface area (Å²) < 4.78 is 22.6. The fourth-order valence-corrected chi connectivity index (χ4v) is 5.05. The number of carbonyl (C=O) groups is 1. The first-order valence-corrected chi connectivity index (χ1v) is 13.3. The lowest BCUT2D eigenvalue weighted by Crippen LogP contribution is -2.36. The third-order valence-electron chi connectivity index (χ3n) is 7.08. The summed E-state index contributed by atoms with van der Waals surface area (Å²) in [7, 11) is 4.52. The number of nitriles is 1. The van der Waals surface area contributed by atoms with E-state index in [-0.39, 0.29) is 23.2 Å². The number of nitrogens with one attached hydrogen (secondary N) is 3. The molecular formula is C32H31N5O5. The van der Waals surface area contributed by atoms with Gasteiger partial charge in [-0.15, -0.1) is 0 Å². The standard InChI is InChI=1S/C32H31N5O5/c1-39-25-15-21(16-26(40-2)29(25)41-3)27-23(17-33)30(34)42-32(28(27)37-31(38)19-9-5-4-6-10-19)35-14-13-20-18-36-24-12-8-7-11-22(20)24/h4-12,15-16,18,27,35-36H,13-14,34H2,1-3H3,(H,37,38). The van der Waals surface area contributed by atoms with E-state index in [9.17, 15) is 10.1 Å². The first-order chi connectivity index (χ1) is 20.5. The number of rotatable bonds is 10. The van der Waals surface area contributed by atoms with Gasteiger partial charge in [0, 0.05) is 29.2 Å². The molecule has 1 aromatic heterocycles. The molecule has 2 heterocycles. The quantitative estimate of drug-likeness (QED) is 0.221. The van der Waals surface area contributed by atoms with Crippen LogP contribution in [0, 0.1) is 11.3 Å². The Morgan fingerprint density at radius 2 is 1.71 bits per heavy atom. The second-order valence-electron chi connectivity index (χ2n) is 9.48. The Hall–Kier alpha value is -5.56. The molecule has 5 N–H and O–H groups in total. The van der Waals surface area contributed by atoms with Crippen LogP contribution < -0.4 is 30.6 Å². The maximum atomic E-state index is 13.4. The molecule has 10 nitrogen and oxygen atoms in total. The third kappa shape index (κ3) is 5.40. The van der Waals surface area contributed by atoms with Crippen LogP contribution in [0.2, 0.25) is 0 Å². The maximum Gasteiger partial charge on any atom is 0.255 e. The number of ether oxygens (including phenoxy) is 4. The molecule has 1 atom stereocenters. The number of para-hydroxylation sites is 1. The van der Waals surface area contributed by atoms with Crippen molar-refractivity contribution in [3.05, 3.63) is 113 Å². The van der Waals surface area contributed by atoms with E-state index >= 15 is 0 Å². The molecule has 0 radical (unpaired) electrons. The summed E-state index contributed by atoms with van der Waals surface area (Å²) in [6, 6.07) is 22.4. The SMILES string of the molecule is COc1cc(C2C(C#N)=C(N)OC(NCCc3c[nH]c4ccccc34)=C2NC(=O)c2ccccc2)cc(OC)c1OC. The average Bonchev–Trinajstić information content (AvgIpc) is 3.44. The molecule has 1 aliphatic rings. The first kappa shape index (κ1) is 28.0. The van der Waals surface area contributed by atoms with Crippen molar-refractivity contribution in [2.75, 3.05) is 27.9 Å². The molecule has 0 saturated heterocycles. The van der Waals surface area contributed by atoms with Gasteiger partial charge in [-0.3, -0.25) is 4.79 Å². The molecular weight excluding hydrogens is 534 g/mol. The van der Waals surface area contributed by atoms with Crippen LogP contribution in [0.3, 0.4) is 0 Å². The van der Waals surface area contributed by atoms with Gasteiger partial charge < -0.3 is 40.3 Å². The van der Waals surface area contributed by atoms with Crippen molar-refractivity contribution in [2.24, 2.45) is 5.73 Å². The molecule has 1 aliphatic heterocycles. The number of aromatic amines is 1. The molecule has 1 amide bonds. The van der Waals surface area contributed by atoms with Crippen LogP contribution in [-0.4, -0.2) is 38.8 Å². The van der Waals surface area contributed by atoms with Crippen molar-refractivity contribution in [2.45, 2.75) is 12.3 Å². The highest BCUT2D eigenvalue weighted by molar-refractivity contribution is 5.95. The predicted octanol–water partition coefficient (Wildman–Crippen LogP) is 4.43. The highest BCUT2D eigenvalue weighted by atomic mass is 16.5. The molecule has 0 saturated carbocycles. The highest BCUT2D eigenvalue weighted by Crippen LogP contribution is 2.45. The van der Waals surface area contributed by atoms with Gasteiger partial charge in [-0.2, -0.15) is 5.26 Å². The van der Waals surface area contributed by atoms with Gasteiger partial charge >= 0.3 is 0 Å². The zero-order chi connectivity index (χ0) is 29.6. The number of hydrogen-bond acceptors (Lipinski definition) is 8. The monoisotopic (exact) mass is 565 g/mol. The van der Waals surface area contributed by atoms with E-state index in [0.29, 0.717) is 47.0 Å². The largest absolute Gasteiger partial charge is 0.493 e. The number of methoxy groups -OCH3 is 3. The molecule has 0 fully saturated rings. The number of H-pyrrole nitrogens is 1. The van der Waals surface area contributed by atoms with E-state index in [1.54, 1.807) is 36.4 Å². The predicted molar refractivity (Wildman–Crippen MR) is 158 cm³/mol.